The van der Waals surface area contributed by atoms with Gasteiger partial charge in [-0.3, -0.25) is 5.10 Å². The smallest absolute Gasteiger partial charge is 0.335 e. The van der Waals surface area contributed by atoms with Crippen LogP contribution in [0.4, 0.5) is 4.39 Å². The van der Waals surface area contributed by atoms with Crippen molar-refractivity contribution in [3.05, 3.63) is 59.7 Å². The highest BCUT2D eigenvalue weighted by Crippen LogP contribution is 2.46. The van der Waals surface area contributed by atoms with Crippen molar-refractivity contribution < 1.29 is 19.0 Å². The van der Waals surface area contributed by atoms with Crippen LogP contribution in [0.15, 0.2) is 42.6 Å². The van der Waals surface area contributed by atoms with Crippen LogP contribution < -0.4 is 0 Å². The molecule has 0 unspecified atom stereocenters. The number of H-pyrrole nitrogens is 1. The number of fused-ring (bicyclic) bond motifs is 2. The third kappa shape index (κ3) is 3.76. The molecule has 1 aliphatic rings. The first-order valence-electron chi connectivity index (χ1n) is 11.7. The molecule has 35 heavy (non-hydrogen) atoms. The minimum absolute atomic E-state index is 0.0695. The van der Waals surface area contributed by atoms with Gasteiger partial charge in [-0.15, -0.1) is 0 Å². The average molecular weight is 475 g/mol. The second-order valence-corrected chi connectivity index (χ2v) is 10.2. The van der Waals surface area contributed by atoms with Crippen molar-refractivity contribution in [1.82, 2.24) is 14.8 Å². The molecule has 1 aliphatic heterocycles. The summed E-state index contributed by atoms with van der Waals surface area (Å²) >= 11 is 0. The van der Waals surface area contributed by atoms with E-state index in [1.165, 1.54) is 12.1 Å². The van der Waals surface area contributed by atoms with E-state index in [1.54, 1.807) is 25.3 Å². The van der Waals surface area contributed by atoms with Gasteiger partial charge in [0.05, 0.1) is 29.9 Å². The van der Waals surface area contributed by atoms with Crippen LogP contribution in [-0.4, -0.2) is 38.0 Å². The van der Waals surface area contributed by atoms with Gasteiger partial charge >= 0.3 is 5.97 Å². The summed E-state index contributed by atoms with van der Waals surface area (Å²) in [5, 5.41) is 28.5. The second kappa shape index (κ2) is 8.21. The lowest BCUT2D eigenvalue weighted by Crippen LogP contribution is -2.43. The first-order chi connectivity index (χ1) is 16.6. The number of nitrogens with zero attached hydrogens (tertiary/aromatic N) is 3. The summed E-state index contributed by atoms with van der Waals surface area (Å²) in [6.45, 7) is 5.93. The fraction of sp³-hybridized carbons (Fsp3) is 0.370. The average Bonchev–Trinajstić information content (AvgIpc) is 3.41. The molecule has 2 N–H and O–H groups in total. The van der Waals surface area contributed by atoms with E-state index in [0.717, 1.165) is 38.8 Å². The number of aromatic nitrogens is 3. The summed E-state index contributed by atoms with van der Waals surface area (Å²) in [6.07, 6.45) is 3.04. The van der Waals surface area contributed by atoms with E-state index in [2.05, 4.69) is 33.0 Å². The van der Waals surface area contributed by atoms with Crippen LogP contribution in [0.5, 0.6) is 0 Å². The molecule has 0 radical (unpaired) electrons. The number of nitriles is 1. The molecule has 0 spiro atoms. The van der Waals surface area contributed by atoms with Crippen molar-refractivity contribution in [2.24, 2.45) is 0 Å². The predicted octanol–water partition coefficient (Wildman–Crippen LogP) is 5.57. The summed E-state index contributed by atoms with van der Waals surface area (Å²) in [5.41, 5.74) is 2.82. The lowest BCUT2D eigenvalue weighted by Gasteiger charge is -2.36. The zero-order valence-electron chi connectivity index (χ0n) is 19.9. The van der Waals surface area contributed by atoms with Crippen molar-refractivity contribution in [1.29, 1.82) is 5.26 Å². The fourth-order valence-corrected chi connectivity index (χ4v) is 5.25. The number of hydrogen-bond donors (Lipinski definition) is 2. The number of aromatic amines is 1. The molecule has 3 heterocycles. The Morgan fingerprint density at radius 2 is 2.11 bits per heavy atom. The van der Waals surface area contributed by atoms with Crippen LogP contribution in [-0.2, 0) is 14.9 Å². The Kier molecular flexibility index (Phi) is 5.41. The standard InChI is InChI=1S/C27H27FN4O3/c1-26(2,10-11-29)24-23(16-8-9-27(3,25(33)34)35-15-16)20-13-21-17(14-30-31-21)12-22(20)32(24)19-6-4-18(28)5-7-19/h4-7,12-14,16H,8-10,15H2,1-3H3,(H,30,31)(H,33,34)/t16-,27+/m0/s1. The normalized spacial score (nSPS) is 20.8. The number of nitrogens with one attached hydrogen (secondary N) is 1. The van der Waals surface area contributed by atoms with Gasteiger partial charge < -0.3 is 14.4 Å². The van der Waals surface area contributed by atoms with Gasteiger partial charge in [-0.25, -0.2) is 9.18 Å². The first kappa shape index (κ1) is 23.1. The molecule has 0 saturated carbocycles. The lowest BCUT2D eigenvalue weighted by molar-refractivity contribution is -0.170. The molecule has 180 valence electrons. The first-order valence-corrected chi connectivity index (χ1v) is 11.7. The quantitative estimate of drug-likeness (QED) is 0.393. The van der Waals surface area contributed by atoms with Crippen LogP contribution >= 0.6 is 0 Å². The Morgan fingerprint density at radius 3 is 2.74 bits per heavy atom. The Hall–Kier alpha value is -3.70. The van der Waals surface area contributed by atoms with E-state index in [1.807, 2.05) is 13.8 Å². The maximum atomic E-state index is 13.8. The van der Waals surface area contributed by atoms with Gasteiger partial charge in [0.1, 0.15) is 5.82 Å². The molecule has 8 heteroatoms. The van der Waals surface area contributed by atoms with Gasteiger partial charge in [0.2, 0.25) is 0 Å². The van der Waals surface area contributed by atoms with Crippen molar-refractivity contribution in [3.8, 4) is 11.8 Å². The zero-order chi connectivity index (χ0) is 25.0. The summed E-state index contributed by atoms with van der Waals surface area (Å²) in [4.78, 5) is 11.8. The maximum Gasteiger partial charge on any atom is 0.335 e. The number of aliphatic carboxylic acids is 1. The Morgan fingerprint density at radius 1 is 1.37 bits per heavy atom. The van der Waals surface area contributed by atoms with Gasteiger partial charge in [-0.05, 0) is 61.7 Å². The molecule has 7 nitrogen and oxygen atoms in total. The van der Waals surface area contributed by atoms with Crippen LogP contribution in [0, 0.1) is 17.1 Å². The fourth-order valence-electron chi connectivity index (χ4n) is 5.25. The maximum absolute atomic E-state index is 13.8. The molecule has 2 aromatic heterocycles. The van der Waals surface area contributed by atoms with E-state index in [9.17, 15) is 19.6 Å². The van der Waals surface area contributed by atoms with E-state index < -0.39 is 17.0 Å². The van der Waals surface area contributed by atoms with Gasteiger partial charge in [-0.1, -0.05) is 13.8 Å². The molecule has 0 aliphatic carbocycles. The number of halogens is 1. The Bertz CT molecular complexity index is 1470. The summed E-state index contributed by atoms with van der Waals surface area (Å²) in [6, 6.07) is 12.8. The lowest BCUT2D eigenvalue weighted by atomic mass is 9.77. The van der Waals surface area contributed by atoms with E-state index in [-0.39, 0.29) is 24.8 Å². The van der Waals surface area contributed by atoms with Crippen LogP contribution in [0.1, 0.15) is 57.2 Å². The topological polar surface area (TPSA) is 104 Å². The van der Waals surface area contributed by atoms with Gasteiger partial charge in [0, 0.05) is 39.9 Å². The highest BCUT2D eigenvalue weighted by atomic mass is 19.1. The van der Waals surface area contributed by atoms with Gasteiger partial charge in [0.25, 0.3) is 0 Å². The monoisotopic (exact) mass is 474 g/mol. The Labute approximate surface area is 202 Å². The molecule has 0 bridgehead atoms. The van der Waals surface area contributed by atoms with Crippen LogP contribution in [0.25, 0.3) is 27.5 Å². The third-order valence-electron chi connectivity index (χ3n) is 7.25. The predicted molar refractivity (Wildman–Crippen MR) is 130 cm³/mol. The molecule has 4 aromatic rings. The van der Waals surface area contributed by atoms with Gasteiger partial charge in [0.15, 0.2) is 5.60 Å². The summed E-state index contributed by atoms with van der Waals surface area (Å²) in [7, 11) is 0. The largest absolute Gasteiger partial charge is 0.479 e. The number of ether oxygens (including phenoxy) is 1. The second-order valence-electron chi connectivity index (χ2n) is 10.2. The van der Waals surface area contributed by atoms with Crippen molar-refractivity contribution in [2.75, 3.05) is 6.61 Å². The number of hydrogen-bond acceptors (Lipinski definition) is 4. The van der Waals surface area contributed by atoms with E-state index >= 15 is 0 Å². The molecular formula is C27H27FN4O3. The number of carboxylic acids is 1. The zero-order valence-corrected chi connectivity index (χ0v) is 19.9. The molecule has 1 fully saturated rings. The SMILES string of the molecule is CC(C)(CC#N)c1c([C@H]2CC[C@](C)(C(=O)O)OC2)c2cc3[nH]ncc3cc2n1-c1ccc(F)cc1. The minimum atomic E-state index is -1.22. The number of carbonyl (C=O) groups is 1. The van der Waals surface area contributed by atoms with Crippen LogP contribution in [0.2, 0.25) is 0 Å². The van der Waals surface area contributed by atoms with Crippen molar-refractivity contribution in [3.63, 3.8) is 0 Å². The molecule has 0 amide bonds. The molecule has 2 atom stereocenters. The van der Waals surface area contributed by atoms with Crippen molar-refractivity contribution in [2.45, 2.75) is 57.0 Å². The number of benzene rings is 2. The van der Waals surface area contributed by atoms with Crippen molar-refractivity contribution >= 4 is 27.8 Å². The summed E-state index contributed by atoms with van der Waals surface area (Å²) < 4.78 is 21.9. The van der Waals surface area contributed by atoms with Gasteiger partial charge in [-0.2, -0.15) is 10.4 Å². The number of carboxylic acid groups (broad SMARTS) is 1. The number of rotatable bonds is 5. The minimum Gasteiger partial charge on any atom is -0.479 e. The Balaban J connectivity index is 1.82. The third-order valence-corrected chi connectivity index (χ3v) is 7.25. The van der Waals surface area contributed by atoms with E-state index in [0.29, 0.717) is 12.8 Å². The molecular weight excluding hydrogens is 447 g/mol. The highest BCUT2D eigenvalue weighted by Gasteiger charge is 2.42. The van der Waals surface area contributed by atoms with E-state index in [4.69, 9.17) is 4.74 Å². The molecule has 2 aromatic carbocycles. The highest BCUT2D eigenvalue weighted by molar-refractivity contribution is 5.99. The van der Waals surface area contributed by atoms with Crippen LogP contribution in [0.3, 0.4) is 0 Å². The molecule has 1 saturated heterocycles. The molecule has 5 rings (SSSR count). The summed E-state index contributed by atoms with van der Waals surface area (Å²) in [5.74, 6) is -1.36.